The predicted octanol–water partition coefficient (Wildman–Crippen LogP) is 4.20. The van der Waals surface area contributed by atoms with E-state index in [-0.39, 0.29) is 23.9 Å². The molecule has 0 spiro atoms. The molecule has 3 heterocycles. The number of thiophene rings is 1. The molecule has 32 heavy (non-hydrogen) atoms. The highest BCUT2D eigenvalue weighted by molar-refractivity contribution is 7.10. The highest BCUT2D eigenvalue weighted by atomic mass is 32.1. The first-order valence-electron chi connectivity index (χ1n) is 10.4. The quantitative estimate of drug-likeness (QED) is 0.414. The SMILES string of the molecule is Cc1cccc2c(=O)n(CC(=O)NC[C@@H](c3cccs3)c3c[nH]c4ccccc34)cnc12. The van der Waals surface area contributed by atoms with Gasteiger partial charge in [0.15, 0.2) is 0 Å². The smallest absolute Gasteiger partial charge is 0.261 e. The van der Waals surface area contributed by atoms with Crippen molar-refractivity contribution in [2.75, 3.05) is 6.54 Å². The molecule has 3 aromatic heterocycles. The summed E-state index contributed by atoms with van der Waals surface area (Å²) in [7, 11) is 0. The molecule has 0 unspecified atom stereocenters. The Bertz CT molecular complexity index is 1470. The van der Waals surface area contributed by atoms with E-state index in [1.54, 1.807) is 17.4 Å². The zero-order chi connectivity index (χ0) is 22.1. The Morgan fingerprint density at radius 1 is 1.12 bits per heavy atom. The molecule has 0 saturated carbocycles. The zero-order valence-electron chi connectivity index (χ0n) is 17.5. The van der Waals surface area contributed by atoms with Crippen LogP contribution in [0.4, 0.5) is 0 Å². The first kappa shape index (κ1) is 20.2. The van der Waals surface area contributed by atoms with Crippen LogP contribution in [0.2, 0.25) is 0 Å². The van der Waals surface area contributed by atoms with Gasteiger partial charge in [-0.2, -0.15) is 0 Å². The van der Waals surface area contributed by atoms with Gasteiger partial charge in [0.1, 0.15) is 6.54 Å². The van der Waals surface area contributed by atoms with Crippen molar-refractivity contribution in [2.45, 2.75) is 19.4 Å². The number of aromatic amines is 1. The topological polar surface area (TPSA) is 79.8 Å². The van der Waals surface area contributed by atoms with Crippen LogP contribution in [0.1, 0.15) is 21.9 Å². The maximum Gasteiger partial charge on any atom is 0.261 e. The number of hydrogen-bond donors (Lipinski definition) is 2. The number of fused-ring (bicyclic) bond motifs is 2. The average molecular weight is 443 g/mol. The van der Waals surface area contributed by atoms with Crippen molar-refractivity contribution in [2.24, 2.45) is 0 Å². The van der Waals surface area contributed by atoms with Crippen LogP contribution in [0, 0.1) is 6.92 Å². The normalized spacial score (nSPS) is 12.3. The van der Waals surface area contributed by atoms with Gasteiger partial charge in [-0.1, -0.05) is 36.4 Å². The molecule has 5 rings (SSSR count). The molecule has 0 fully saturated rings. The van der Waals surface area contributed by atoms with Gasteiger partial charge >= 0.3 is 0 Å². The van der Waals surface area contributed by atoms with Crippen molar-refractivity contribution in [3.63, 3.8) is 0 Å². The Kier molecular flexibility index (Phi) is 5.33. The lowest BCUT2D eigenvalue weighted by Crippen LogP contribution is -2.34. The maximum absolute atomic E-state index is 12.8. The van der Waals surface area contributed by atoms with E-state index in [0.29, 0.717) is 17.4 Å². The Morgan fingerprint density at radius 3 is 2.81 bits per heavy atom. The Labute approximate surface area is 188 Å². The third kappa shape index (κ3) is 3.71. The summed E-state index contributed by atoms with van der Waals surface area (Å²) < 4.78 is 1.36. The number of amides is 1. The van der Waals surface area contributed by atoms with Crippen LogP contribution in [0.5, 0.6) is 0 Å². The van der Waals surface area contributed by atoms with Crippen molar-refractivity contribution < 1.29 is 4.79 Å². The van der Waals surface area contributed by atoms with Crippen LogP contribution >= 0.6 is 11.3 Å². The van der Waals surface area contributed by atoms with Crippen LogP contribution in [0.3, 0.4) is 0 Å². The summed E-state index contributed by atoms with van der Waals surface area (Å²) in [4.78, 5) is 34.5. The highest BCUT2D eigenvalue weighted by Crippen LogP contribution is 2.32. The molecule has 0 aliphatic rings. The molecule has 0 aliphatic heterocycles. The molecule has 0 saturated heterocycles. The number of nitrogens with zero attached hydrogens (tertiary/aromatic N) is 2. The van der Waals surface area contributed by atoms with E-state index in [1.807, 2.05) is 54.9 Å². The summed E-state index contributed by atoms with van der Waals surface area (Å²) in [5, 5.41) is 6.74. The number of H-pyrrole nitrogens is 1. The van der Waals surface area contributed by atoms with Crippen molar-refractivity contribution >= 4 is 39.0 Å². The third-order valence-electron chi connectivity index (χ3n) is 5.76. The van der Waals surface area contributed by atoms with E-state index in [1.165, 1.54) is 15.8 Å². The number of rotatable bonds is 6. The van der Waals surface area contributed by atoms with Gasteiger partial charge in [-0.25, -0.2) is 4.98 Å². The lowest BCUT2D eigenvalue weighted by molar-refractivity contribution is -0.121. The molecule has 2 N–H and O–H groups in total. The van der Waals surface area contributed by atoms with Crippen molar-refractivity contribution in [3.8, 4) is 0 Å². The second kappa shape index (κ2) is 8.43. The summed E-state index contributed by atoms with van der Waals surface area (Å²) >= 11 is 1.67. The molecule has 1 amide bonds. The van der Waals surface area contributed by atoms with Gasteiger partial charge < -0.3 is 10.3 Å². The van der Waals surface area contributed by atoms with Crippen LogP contribution in [0.15, 0.2) is 77.3 Å². The fourth-order valence-corrected chi connectivity index (χ4v) is 4.96. The molecule has 2 aromatic carbocycles. The minimum Gasteiger partial charge on any atom is -0.361 e. The monoisotopic (exact) mass is 442 g/mol. The predicted molar refractivity (Wildman–Crippen MR) is 128 cm³/mol. The minimum atomic E-state index is -0.220. The fourth-order valence-electron chi connectivity index (χ4n) is 4.11. The van der Waals surface area contributed by atoms with Gasteiger partial charge in [0, 0.05) is 34.4 Å². The summed E-state index contributed by atoms with van der Waals surface area (Å²) in [6.45, 7) is 2.29. The third-order valence-corrected chi connectivity index (χ3v) is 6.74. The first-order valence-corrected chi connectivity index (χ1v) is 11.3. The largest absolute Gasteiger partial charge is 0.361 e. The summed E-state index contributed by atoms with van der Waals surface area (Å²) in [5.41, 5.74) is 3.61. The molecule has 0 aliphatic carbocycles. The van der Waals surface area contributed by atoms with Gasteiger partial charge in [0.25, 0.3) is 5.56 Å². The lowest BCUT2D eigenvalue weighted by Gasteiger charge is -2.17. The fraction of sp³-hybridized carbons (Fsp3) is 0.160. The Hall–Kier alpha value is -3.71. The lowest BCUT2D eigenvalue weighted by atomic mass is 9.96. The van der Waals surface area contributed by atoms with E-state index >= 15 is 0 Å². The maximum atomic E-state index is 12.8. The molecule has 160 valence electrons. The second-order valence-electron chi connectivity index (χ2n) is 7.81. The van der Waals surface area contributed by atoms with Crippen molar-refractivity contribution in [1.29, 1.82) is 0 Å². The van der Waals surface area contributed by atoms with Crippen LogP contribution in [-0.4, -0.2) is 27.0 Å². The number of nitrogens with one attached hydrogen (secondary N) is 2. The number of aromatic nitrogens is 3. The molecule has 7 heteroatoms. The number of hydrogen-bond acceptors (Lipinski definition) is 4. The summed E-state index contributed by atoms with van der Waals surface area (Å²) in [5.74, 6) is -0.202. The molecular formula is C25H22N4O2S. The van der Waals surface area contributed by atoms with Gasteiger partial charge in [0.2, 0.25) is 5.91 Å². The van der Waals surface area contributed by atoms with Gasteiger partial charge in [-0.15, -0.1) is 11.3 Å². The number of para-hydroxylation sites is 2. The number of carbonyl (C=O) groups excluding carboxylic acids is 1. The summed E-state index contributed by atoms with van der Waals surface area (Å²) in [6.07, 6.45) is 3.47. The van der Waals surface area contributed by atoms with E-state index in [2.05, 4.69) is 27.4 Å². The molecule has 1 atom stereocenters. The number of carbonyl (C=O) groups is 1. The van der Waals surface area contributed by atoms with E-state index in [9.17, 15) is 9.59 Å². The molecule has 0 bridgehead atoms. The van der Waals surface area contributed by atoms with E-state index in [4.69, 9.17) is 0 Å². The Morgan fingerprint density at radius 2 is 1.97 bits per heavy atom. The van der Waals surface area contributed by atoms with Gasteiger partial charge in [0.05, 0.1) is 17.2 Å². The van der Waals surface area contributed by atoms with Gasteiger partial charge in [-0.3, -0.25) is 14.2 Å². The highest BCUT2D eigenvalue weighted by Gasteiger charge is 2.20. The summed E-state index contributed by atoms with van der Waals surface area (Å²) in [6, 6.07) is 17.8. The number of aryl methyl sites for hydroxylation is 1. The van der Waals surface area contributed by atoms with Crippen LogP contribution in [0.25, 0.3) is 21.8 Å². The van der Waals surface area contributed by atoms with Crippen molar-refractivity contribution in [3.05, 3.63) is 98.9 Å². The average Bonchev–Trinajstić information content (AvgIpc) is 3.47. The Balaban J connectivity index is 1.37. The van der Waals surface area contributed by atoms with Crippen molar-refractivity contribution in [1.82, 2.24) is 19.9 Å². The van der Waals surface area contributed by atoms with Gasteiger partial charge in [-0.05, 0) is 41.6 Å². The standard InChI is InChI=1S/C25H22N4O2S/c1-16-6-4-8-18-24(16)28-15-29(25(18)31)14-23(30)27-13-20(22-10-5-11-32-22)19-12-26-21-9-3-2-7-17(19)21/h2-12,15,20,26H,13-14H2,1H3,(H,27,30)/t20-/m1/s1. The zero-order valence-corrected chi connectivity index (χ0v) is 18.4. The van der Waals surface area contributed by atoms with E-state index in [0.717, 1.165) is 22.0 Å². The second-order valence-corrected chi connectivity index (χ2v) is 8.79. The van der Waals surface area contributed by atoms with Crippen LogP contribution < -0.4 is 10.9 Å². The molecule has 0 radical (unpaired) electrons. The molecule has 6 nitrogen and oxygen atoms in total. The van der Waals surface area contributed by atoms with E-state index < -0.39 is 0 Å². The molecule has 5 aromatic rings. The number of benzene rings is 2. The van der Waals surface area contributed by atoms with Crippen LogP contribution in [-0.2, 0) is 11.3 Å². The minimum absolute atomic E-state index is 0.0178. The first-order chi connectivity index (χ1) is 15.6. The molecular weight excluding hydrogens is 420 g/mol.